The Balaban J connectivity index is 1.40. The van der Waals surface area contributed by atoms with E-state index in [2.05, 4.69) is 20.5 Å². The highest BCUT2D eigenvalue weighted by molar-refractivity contribution is 5.91. The molecular formula is C18H17FN6O2. The number of carbonyl (C=O) groups excluding carboxylic acids is 1. The highest BCUT2D eigenvalue weighted by atomic mass is 19.1. The van der Waals surface area contributed by atoms with Gasteiger partial charge in [0.05, 0.1) is 12.5 Å². The lowest BCUT2D eigenvalue weighted by Crippen LogP contribution is -2.49. The summed E-state index contributed by atoms with van der Waals surface area (Å²) in [4.78, 5) is 20.4. The van der Waals surface area contributed by atoms with Crippen molar-refractivity contribution in [2.24, 2.45) is 0 Å². The van der Waals surface area contributed by atoms with E-state index < -0.39 is 0 Å². The minimum Gasteiger partial charge on any atom is -0.459 e. The van der Waals surface area contributed by atoms with E-state index in [0.717, 1.165) is 0 Å². The van der Waals surface area contributed by atoms with Crippen LogP contribution >= 0.6 is 0 Å². The molecule has 0 radical (unpaired) electrons. The zero-order chi connectivity index (χ0) is 18.6. The van der Waals surface area contributed by atoms with Crippen molar-refractivity contribution >= 4 is 23.4 Å². The fourth-order valence-corrected chi connectivity index (χ4v) is 2.87. The van der Waals surface area contributed by atoms with Crippen molar-refractivity contribution in [2.45, 2.75) is 0 Å². The van der Waals surface area contributed by atoms with Crippen LogP contribution in [0.25, 0.3) is 0 Å². The molecule has 1 saturated heterocycles. The number of halogens is 1. The van der Waals surface area contributed by atoms with E-state index in [1.807, 2.05) is 4.90 Å². The molecule has 1 aliphatic rings. The van der Waals surface area contributed by atoms with Crippen LogP contribution < -0.4 is 10.2 Å². The Morgan fingerprint density at radius 3 is 2.74 bits per heavy atom. The van der Waals surface area contributed by atoms with Crippen molar-refractivity contribution in [1.29, 1.82) is 0 Å². The van der Waals surface area contributed by atoms with E-state index >= 15 is 0 Å². The standard InChI is InChI=1S/C18H17FN6O2/c19-13-3-1-4-14(11-13)21-16-12-20-23-18(22-16)25-8-6-24(7-9-25)17(26)15-5-2-10-27-15/h1-5,10-12H,6-9H2,(H,21,22,23). The van der Waals surface area contributed by atoms with Gasteiger partial charge in [0.2, 0.25) is 5.95 Å². The van der Waals surface area contributed by atoms with Gasteiger partial charge in [0, 0.05) is 31.9 Å². The Labute approximate surface area is 154 Å². The third-order valence-electron chi connectivity index (χ3n) is 4.23. The van der Waals surface area contributed by atoms with Crippen LogP contribution in [0.4, 0.5) is 21.8 Å². The predicted octanol–water partition coefficient (Wildman–Crippen LogP) is 2.31. The highest BCUT2D eigenvalue weighted by Gasteiger charge is 2.25. The first-order valence-corrected chi connectivity index (χ1v) is 8.49. The van der Waals surface area contributed by atoms with Gasteiger partial charge in [-0.15, -0.1) is 5.10 Å². The number of nitrogens with zero attached hydrogens (tertiary/aromatic N) is 5. The molecule has 2 aromatic heterocycles. The van der Waals surface area contributed by atoms with Gasteiger partial charge in [-0.3, -0.25) is 4.79 Å². The third kappa shape index (κ3) is 3.86. The lowest BCUT2D eigenvalue weighted by Gasteiger charge is -2.34. The average molecular weight is 368 g/mol. The fourth-order valence-electron chi connectivity index (χ4n) is 2.87. The molecule has 3 heterocycles. The molecular weight excluding hydrogens is 351 g/mol. The van der Waals surface area contributed by atoms with Crippen LogP contribution in [0.1, 0.15) is 10.6 Å². The third-order valence-corrected chi connectivity index (χ3v) is 4.23. The number of piperazine rings is 1. The van der Waals surface area contributed by atoms with Crippen molar-refractivity contribution in [3.8, 4) is 0 Å². The van der Waals surface area contributed by atoms with E-state index in [1.54, 1.807) is 29.2 Å². The molecule has 1 aromatic carbocycles. The molecule has 0 spiro atoms. The average Bonchev–Trinajstić information content (AvgIpc) is 3.23. The highest BCUT2D eigenvalue weighted by Crippen LogP contribution is 2.18. The number of furan rings is 1. The quantitative estimate of drug-likeness (QED) is 0.756. The summed E-state index contributed by atoms with van der Waals surface area (Å²) in [5, 5.41) is 11.1. The molecule has 1 amide bonds. The summed E-state index contributed by atoms with van der Waals surface area (Å²) in [6.45, 7) is 2.23. The Morgan fingerprint density at radius 2 is 2.00 bits per heavy atom. The smallest absolute Gasteiger partial charge is 0.289 e. The first-order valence-electron chi connectivity index (χ1n) is 8.49. The topological polar surface area (TPSA) is 87.4 Å². The number of aromatic nitrogens is 3. The minimum atomic E-state index is -0.334. The summed E-state index contributed by atoms with van der Waals surface area (Å²) in [5.74, 6) is 0.809. The second-order valence-electron chi connectivity index (χ2n) is 6.03. The first-order chi connectivity index (χ1) is 13.2. The van der Waals surface area contributed by atoms with Gasteiger partial charge < -0.3 is 19.5 Å². The van der Waals surface area contributed by atoms with Gasteiger partial charge in [-0.05, 0) is 30.3 Å². The van der Waals surface area contributed by atoms with E-state index in [-0.39, 0.29) is 11.7 Å². The number of hydrogen-bond donors (Lipinski definition) is 1. The Hall–Kier alpha value is -3.49. The molecule has 0 unspecified atom stereocenters. The number of anilines is 3. The summed E-state index contributed by atoms with van der Waals surface area (Å²) in [6.07, 6.45) is 2.96. The molecule has 1 N–H and O–H groups in total. The van der Waals surface area contributed by atoms with Gasteiger partial charge in [0.25, 0.3) is 5.91 Å². The summed E-state index contributed by atoms with van der Waals surface area (Å²) in [6, 6.07) is 9.45. The Bertz CT molecular complexity index is 925. The van der Waals surface area contributed by atoms with Gasteiger partial charge >= 0.3 is 0 Å². The molecule has 138 valence electrons. The normalized spacial score (nSPS) is 14.3. The Kier molecular flexibility index (Phi) is 4.65. The van der Waals surface area contributed by atoms with Crippen molar-refractivity contribution in [3.63, 3.8) is 0 Å². The summed E-state index contributed by atoms with van der Waals surface area (Å²) >= 11 is 0. The van der Waals surface area contributed by atoms with Gasteiger partial charge in [0.1, 0.15) is 5.82 Å². The molecule has 8 nitrogen and oxygen atoms in total. The molecule has 0 aliphatic carbocycles. The van der Waals surface area contributed by atoms with Gasteiger partial charge in [-0.1, -0.05) is 6.07 Å². The summed E-state index contributed by atoms with van der Waals surface area (Å²) in [5.41, 5.74) is 0.579. The molecule has 9 heteroatoms. The maximum Gasteiger partial charge on any atom is 0.289 e. The second kappa shape index (κ2) is 7.40. The largest absolute Gasteiger partial charge is 0.459 e. The number of benzene rings is 1. The van der Waals surface area contributed by atoms with Gasteiger partial charge in [-0.2, -0.15) is 10.1 Å². The van der Waals surface area contributed by atoms with Crippen LogP contribution in [0.5, 0.6) is 0 Å². The maximum absolute atomic E-state index is 13.3. The van der Waals surface area contributed by atoms with Crippen LogP contribution in [0.3, 0.4) is 0 Å². The zero-order valence-electron chi connectivity index (χ0n) is 14.4. The van der Waals surface area contributed by atoms with Crippen molar-refractivity contribution in [2.75, 3.05) is 36.4 Å². The lowest BCUT2D eigenvalue weighted by atomic mass is 10.3. The number of carbonyl (C=O) groups is 1. The zero-order valence-corrected chi connectivity index (χ0v) is 14.4. The first kappa shape index (κ1) is 17.0. The minimum absolute atomic E-state index is 0.125. The molecule has 4 rings (SSSR count). The number of hydrogen-bond acceptors (Lipinski definition) is 7. The van der Waals surface area contributed by atoms with Crippen molar-refractivity contribution < 1.29 is 13.6 Å². The van der Waals surface area contributed by atoms with Gasteiger partial charge in [0.15, 0.2) is 11.6 Å². The molecule has 0 saturated carbocycles. The molecule has 3 aromatic rings. The molecule has 1 aliphatic heterocycles. The fraction of sp³-hybridized carbons (Fsp3) is 0.222. The van der Waals surface area contributed by atoms with Crippen LogP contribution in [0.2, 0.25) is 0 Å². The van der Waals surface area contributed by atoms with Crippen LogP contribution in [0.15, 0.2) is 53.3 Å². The molecule has 0 bridgehead atoms. The number of rotatable bonds is 4. The SMILES string of the molecule is O=C(c1ccco1)N1CCN(c2nncc(Nc3cccc(F)c3)n2)CC1. The van der Waals surface area contributed by atoms with E-state index in [9.17, 15) is 9.18 Å². The van der Waals surface area contributed by atoms with Crippen molar-refractivity contribution in [3.05, 3.63) is 60.4 Å². The van der Waals surface area contributed by atoms with Gasteiger partial charge in [-0.25, -0.2) is 4.39 Å². The summed E-state index contributed by atoms with van der Waals surface area (Å²) < 4.78 is 18.5. The molecule has 0 atom stereocenters. The molecule has 27 heavy (non-hydrogen) atoms. The van der Waals surface area contributed by atoms with Crippen LogP contribution in [0, 0.1) is 5.82 Å². The maximum atomic E-state index is 13.3. The van der Waals surface area contributed by atoms with E-state index in [1.165, 1.54) is 24.6 Å². The Morgan fingerprint density at radius 1 is 1.15 bits per heavy atom. The second-order valence-corrected chi connectivity index (χ2v) is 6.03. The van der Waals surface area contributed by atoms with Crippen molar-refractivity contribution in [1.82, 2.24) is 20.1 Å². The molecule has 1 fully saturated rings. The number of amides is 1. The number of nitrogens with one attached hydrogen (secondary N) is 1. The summed E-state index contributed by atoms with van der Waals surface area (Å²) in [7, 11) is 0. The van der Waals surface area contributed by atoms with Crippen LogP contribution in [-0.2, 0) is 0 Å². The van der Waals surface area contributed by atoms with Crippen LogP contribution in [-0.4, -0.2) is 52.2 Å². The predicted molar refractivity (Wildman–Crippen MR) is 96.3 cm³/mol. The van der Waals surface area contributed by atoms with E-state index in [4.69, 9.17) is 4.42 Å². The monoisotopic (exact) mass is 368 g/mol. The lowest BCUT2D eigenvalue weighted by molar-refractivity contribution is 0.0714. The van der Waals surface area contributed by atoms with E-state index in [0.29, 0.717) is 49.4 Å².